The van der Waals surface area contributed by atoms with Gasteiger partial charge in [-0.25, -0.2) is 5.43 Å². The molecule has 17 heavy (non-hydrogen) atoms. The van der Waals surface area contributed by atoms with Gasteiger partial charge >= 0.3 is 0 Å². The summed E-state index contributed by atoms with van der Waals surface area (Å²) in [5.41, 5.74) is 3.95. The lowest BCUT2D eigenvalue weighted by Gasteiger charge is -2.13. The van der Waals surface area contributed by atoms with Crippen molar-refractivity contribution < 1.29 is 0 Å². The van der Waals surface area contributed by atoms with Crippen LogP contribution in [0.1, 0.15) is 16.5 Å². The second-order valence-electron chi connectivity index (χ2n) is 3.68. The Kier molecular flexibility index (Phi) is 2.90. The van der Waals surface area contributed by atoms with Crippen molar-refractivity contribution in [3.63, 3.8) is 0 Å². The molecular formula is C12H11N3S2. The van der Waals surface area contributed by atoms with Gasteiger partial charge in [-0.3, -0.25) is 10.8 Å². The van der Waals surface area contributed by atoms with E-state index in [1.807, 2.05) is 18.3 Å². The molecule has 1 atom stereocenters. The van der Waals surface area contributed by atoms with Gasteiger partial charge in [-0.05, 0) is 29.1 Å². The number of hydrogen-bond donors (Lipinski definition) is 2. The molecule has 0 bridgehead atoms. The highest BCUT2D eigenvalue weighted by molar-refractivity contribution is 7.27. The maximum atomic E-state index is 5.66. The molecule has 0 aliphatic carbocycles. The van der Waals surface area contributed by atoms with Gasteiger partial charge in [0.25, 0.3) is 0 Å². The van der Waals surface area contributed by atoms with Crippen LogP contribution in [0.2, 0.25) is 0 Å². The van der Waals surface area contributed by atoms with Crippen LogP contribution in [-0.4, -0.2) is 4.98 Å². The molecule has 5 heteroatoms. The van der Waals surface area contributed by atoms with Crippen LogP contribution >= 0.6 is 22.7 Å². The molecule has 3 heterocycles. The van der Waals surface area contributed by atoms with Crippen LogP contribution < -0.4 is 11.3 Å². The van der Waals surface area contributed by atoms with Crippen LogP contribution in [0, 0.1) is 0 Å². The van der Waals surface area contributed by atoms with Gasteiger partial charge in [0, 0.05) is 26.7 Å². The molecule has 3 aromatic rings. The molecule has 0 aliphatic rings. The van der Waals surface area contributed by atoms with Crippen molar-refractivity contribution in [3.8, 4) is 0 Å². The Morgan fingerprint density at radius 2 is 2.24 bits per heavy atom. The molecule has 3 nitrogen and oxygen atoms in total. The molecule has 0 radical (unpaired) electrons. The van der Waals surface area contributed by atoms with Gasteiger partial charge in [0.15, 0.2) is 0 Å². The van der Waals surface area contributed by atoms with Crippen molar-refractivity contribution in [1.82, 2.24) is 10.4 Å². The molecule has 1 unspecified atom stereocenters. The van der Waals surface area contributed by atoms with Crippen LogP contribution in [0.15, 0.2) is 42.0 Å². The van der Waals surface area contributed by atoms with Crippen molar-refractivity contribution in [2.75, 3.05) is 0 Å². The molecular weight excluding hydrogens is 250 g/mol. The molecule has 0 aliphatic heterocycles. The summed E-state index contributed by atoms with van der Waals surface area (Å²) in [4.78, 5) is 5.36. The number of nitrogens with zero attached hydrogens (tertiary/aromatic N) is 1. The number of hydrazine groups is 1. The molecule has 0 saturated carbocycles. The van der Waals surface area contributed by atoms with Gasteiger partial charge in [0.2, 0.25) is 0 Å². The molecule has 3 N–H and O–H groups in total. The Labute approximate surface area is 107 Å². The van der Waals surface area contributed by atoms with E-state index < -0.39 is 0 Å². The second kappa shape index (κ2) is 4.54. The number of pyridine rings is 1. The van der Waals surface area contributed by atoms with Crippen LogP contribution in [0.4, 0.5) is 0 Å². The van der Waals surface area contributed by atoms with E-state index in [9.17, 15) is 0 Å². The summed E-state index contributed by atoms with van der Waals surface area (Å²) in [5, 5.41) is 2.11. The average Bonchev–Trinajstić information content (AvgIpc) is 2.92. The van der Waals surface area contributed by atoms with Gasteiger partial charge in [-0.2, -0.15) is 0 Å². The Balaban J connectivity index is 2.03. The highest BCUT2D eigenvalue weighted by Crippen LogP contribution is 2.35. The monoisotopic (exact) mass is 261 g/mol. The lowest BCUT2D eigenvalue weighted by Crippen LogP contribution is -2.28. The van der Waals surface area contributed by atoms with Gasteiger partial charge < -0.3 is 0 Å². The maximum Gasteiger partial charge on any atom is 0.0818 e. The Bertz CT molecular complexity index is 586. The Morgan fingerprint density at radius 1 is 1.29 bits per heavy atom. The number of hydrogen-bond acceptors (Lipinski definition) is 5. The number of nitrogens with two attached hydrogens (primary N) is 1. The van der Waals surface area contributed by atoms with Gasteiger partial charge in [0.05, 0.1) is 6.04 Å². The predicted molar refractivity (Wildman–Crippen MR) is 73.1 cm³/mol. The molecule has 0 fully saturated rings. The summed E-state index contributed by atoms with van der Waals surface area (Å²) in [7, 11) is 0. The normalized spacial score (nSPS) is 13.0. The smallest absolute Gasteiger partial charge is 0.0818 e. The minimum Gasteiger partial charge on any atom is -0.271 e. The molecule has 3 aromatic heterocycles. The van der Waals surface area contributed by atoms with E-state index in [2.05, 4.69) is 27.9 Å². The first-order chi connectivity index (χ1) is 8.38. The summed E-state index contributed by atoms with van der Waals surface area (Å²) in [6.45, 7) is 0. The number of rotatable bonds is 3. The van der Waals surface area contributed by atoms with Crippen molar-refractivity contribution in [1.29, 1.82) is 0 Å². The summed E-state index contributed by atoms with van der Waals surface area (Å²) in [6.07, 6.45) is 3.61. The first kappa shape index (κ1) is 10.9. The number of thiophene rings is 2. The van der Waals surface area contributed by atoms with E-state index in [1.54, 1.807) is 28.9 Å². The molecule has 0 saturated heterocycles. The zero-order valence-corrected chi connectivity index (χ0v) is 10.6. The largest absolute Gasteiger partial charge is 0.271 e. The molecule has 0 aromatic carbocycles. The third-order valence-corrected chi connectivity index (χ3v) is 4.79. The Hall–Kier alpha value is -1.27. The van der Waals surface area contributed by atoms with Crippen LogP contribution in [0.5, 0.6) is 0 Å². The quantitative estimate of drug-likeness (QED) is 0.563. The minimum atomic E-state index is 0.0216. The maximum absolute atomic E-state index is 5.66. The molecule has 0 spiro atoms. The zero-order valence-electron chi connectivity index (χ0n) is 8.96. The molecule has 3 rings (SSSR count). The summed E-state index contributed by atoms with van der Waals surface area (Å²) in [6, 6.07) is 8.32. The van der Waals surface area contributed by atoms with Crippen LogP contribution in [0.25, 0.3) is 9.40 Å². The van der Waals surface area contributed by atoms with Gasteiger partial charge in [-0.15, -0.1) is 22.7 Å². The first-order valence-electron chi connectivity index (χ1n) is 5.21. The van der Waals surface area contributed by atoms with E-state index in [0.717, 1.165) is 5.56 Å². The van der Waals surface area contributed by atoms with Crippen molar-refractivity contribution >= 4 is 32.1 Å². The topological polar surface area (TPSA) is 50.9 Å². The summed E-state index contributed by atoms with van der Waals surface area (Å²) in [5.74, 6) is 5.66. The third kappa shape index (κ3) is 1.98. The van der Waals surface area contributed by atoms with E-state index in [0.29, 0.717) is 0 Å². The van der Waals surface area contributed by atoms with Crippen LogP contribution in [0.3, 0.4) is 0 Å². The highest BCUT2D eigenvalue weighted by Gasteiger charge is 2.15. The van der Waals surface area contributed by atoms with Crippen LogP contribution in [-0.2, 0) is 0 Å². The standard InChI is InChI=1S/C12H11N3S2/c13-15-12(8-2-1-4-14-7-8)11-6-10-9(17-11)3-5-16-10/h1-7,12,15H,13H2. The predicted octanol–water partition coefficient (Wildman–Crippen LogP) is 2.91. The zero-order chi connectivity index (χ0) is 11.7. The molecule has 0 amide bonds. The lowest BCUT2D eigenvalue weighted by molar-refractivity contribution is 0.644. The van der Waals surface area contributed by atoms with Gasteiger partial charge in [0.1, 0.15) is 0 Å². The van der Waals surface area contributed by atoms with E-state index in [4.69, 9.17) is 5.84 Å². The fraction of sp³-hybridized carbons (Fsp3) is 0.0833. The third-order valence-electron chi connectivity index (χ3n) is 2.63. The summed E-state index contributed by atoms with van der Waals surface area (Å²) >= 11 is 3.53. The van der Waals surface area contributed by atoms with E-state index in [-0.39, 0.29) is 6.04 Å². The minimum absolute atomic E-state index is 0.0216. The average molecular weight is 261 g/mol. The van der Waals surface area contributed by atoms with Gasteiger partial charge in [-0.1, -0.05) is 6.07 Å². The van der Waals surface area contributed by atoms with Crippen molar-refractivity contribution in [3.05, 3.63) is 52.5 Å². The lowest BCUT2D eigenvalue weighted by atomic mass is 10.1. The van der Waals surface area contributed by atoms with Crippen molar-refractivity contribution in [2.24, 2.45) is 5.84 Å². The Morgan fingerprint density at radius 3 is 2.94 bits per heavy atom. The number of aromatic nitrogens is 1. The first-order valence-corrected chi connectivity index (χ1v) is 6.91. The number of fused-ring (bicyclic) bond motifs is 1. The SMILES string of the molecule is NNC(c1cccnc1)c1cc2sccc2s1. The molecule has 86 valence electrons. The highest BCUT2D eigenvalue weighted by atomic mass is 32.1. The summed E-state index contributed by atoms with van der Waals surface area (Å²) < 4.78 is 2.63. The fourth-order valence-corrected chi connectivity index (χ4v) is 4.02. The van der Waals surface area contributed by atoms with E-state index in [1.165, 1.54) is 14.3 Å². The number of nitrogens with one attached hydrogen (secondary N) is 1. The fourth-order valence-electron chi connectivity index (χ4n) is 1.82. The second-order valence-corrected chi connectivity index (χ2v) is 5.75. The van der Waals surface area contributed by atoms with Crippen molar-refractivity contribution in [2.45, 2.75) is 6.04 Å². The van der Waals surface area contributed by atoms with E-state index >= 15 is 0 Å².